The fourth-order valence-corrected chi connectivity index (χ4v) is 4.55. The number of aryl methyl sites for hydroxylation is 1. The van der Waals surface area contributed by atoms with Crippen LogP contribution in [0.3, 0.4) is 0 Å². The Morgan fingerprint density at radius 2 is 1.54 bits per heavy atom. The first-order chi connectivity index (χ1) is 13.7. The molecule has 2 aromatic carbocycles. The predicted octanol–water partition coefficient (Wildman–Crippen LogP) is 4.73. The summed E-state index contributed by atoms with van der Waals surface area (Å²) in [5.41, 5.74) is 1.97. The van der Waals surface area contributed by atoms with E-state index in [1.165, 1.54) is 19.3 Å². The van der Waals surface area contributed by atoms with E-state index in [9.17, 15) is 9.59 Å². The van der Waals surface area contributed by atoms with Crippen LogP contribution < -0.4 is 5.43 Å². The Bertz CT molecular complexity index is 987. The highest BCUT2D eigenvalue weighted by Crippen LogP contribution is 2.23. The zero-order valence-corrected chi connectivity index (χ0v) is 16.6. The summed E-state index contributed by atoms with van der Waals surface area (Å²) in [5, 5.41) is 1.48. The van der Waals surface area contributed by atoms with E-state index < -0.39 is 0 Å². The third kappa shape index (κ3) is 3.56. The molecule has 0 saturated heterocycles. The summed E-state index contributed by atoms with van der Waals surface area (Å²) in [6.07, 6.45) is 7.35. The molecule has 1 aliphatic rings. The molecule has 0 atom stereocenters. The smallest absolute Gasteiger partial charge is 0.222 e. The monoisotopic (exact) mass is 376 g/mol. The number of para-hydroxylation sites is 2. The lowest BCUT2D eigenvalue weighted by molar-refractivity contribution is -0.132. The highest BCUT2D eigenvalue weighted by molar-refractivity contribution is 5.93. The molecule has 0 bridgehead atoms. The number of hydrogen-bond donors (Lipinski definition) is 0. The number of hydrogen-bond acceptors (Lipinski definition) is 2. The number of nitrogens with zero attached hydrogens (tertiary/aromatic N) is 2. The number of carbonyl (C=O) groups is 1. The first-order valence-corrected chi connectivity index (χ1v) is 10.4. The van der Waals surface area contributed by atoms with Crippen molar-refractivity contribution in [1.29, 1.82) is 0 Å². The van der Waals surface area contributed by atoms with Crippen LogP contribution in [-0.2, 0) is 11.3 Å². The summed E-state index contributed by atoms with van der Waals surface area (Å²) >= 11 is 0. The number of amides is 1. The van der Waals surface area contributed by atoms with Gasteiger partial charge in [0.15, 0.2) is 5.43 Å². The van der Waals surface area contributed by atoms with Gasteiger partial charge in [0.05, 0.1) is 11.0 Å². The molecule has 4 rings (SSSR count). The van der Waals surface area contributed by atoms with Crippen LogP contribution in [0.5, 0.6) is 0 Å². The number of rotatable bonds is 5. The maximum absolute atomic E-state index is 12.8. The quantitative estimate of drug-likeness (QED) is 0.604. The Labute approximate surface area is 165 Å². The lowest BCUT2D eigenvalue weighted by Crippen LogP contribution is -2.38. The molecule has 1 saturated carbocycles. The highest BCUT2D eigenvalue weighted by Gasteiger charge is 2.21. The van der Waals surface area contributed by atoms with Gasteiger partial charge in [0, 0.05) is 36.8 Å². The van der Waals surface area contributed by atoms with Crippen LogP contribution in [-0.4, -0.2) is 28.5 Å². The van der Waals surface area contributed by atoms with Crippen molar-refractivity contribution in [2.45, 2.75) is 57.5 Å². The Hall–Kier alpha value is -2.62. The first kappa shape index (κ1) is 18.7. The van der Waals surface area contributed by atoms with E-state index in [1.807, 2.05) is 60.5 Å². The SMILES string of the molecule is CN(C(=O)CCCn1c2ccccc2c(=O)c2ccccc21)C1CCCCC1. The van der Waals surface area contributed by atoms with Crippen LogP contribution in [0.25, 0.3) is 21.8 Å². The van der Waals surface area contributed by atoms with Crippen molar-refractivity contribution in [2.75, 3.05) is 7.05 Å². The molecular weight excluding hydrogens is 348 g/mol. The van der Waals surface area contributed by atoms with Crippen molar-refractivity contribution in [3.63, 3.8) is 0 Å². The van der Waals surface area contributed by atoms with Crippen molar-refractivity contribution in [2.24, 2.45) is 0 Å². The summed E-state index contributed by atoms with van der Waals surface area (Å²) in [7, 11) is 1.96. The average Bonchev–Trinajstić information content (AvgIpc) is 2.76. The number of benzene rings is 2. The van der Waals surface area contributed by atoms with Crippen LogP contribution in [0.1, 0.15) is 44.9 Å². The van der Waals surface area contributed by atoms with Crippen molar-refractivity contribution in [3.8, 4) is 0 Å². The van der Waals surface area contributed by atoms with E-state index >= 15 is 0 Å². The van der Waals surface area contributed by atoms with Crippen LogP contribution >= 0.6 is 0 Å². The fourth-order valence-electron chi connectivity index (χ4n) is 4.55. The van der Waals surface area contributed by atoms with Crippen LogP contribution in [0, 0.1) is 0 Å². The Morgan fingerprint density at radius 3 is 2.14 bits per heavy atom. The zero-order chi connectivity index (χ0) is 19.5. The predicted molar refractivity (Wildman–Crippen MR) is 115 cm³/mol. The molecule has 0 spiro atoms. The second-order valence-corrected chi connectivity index (χ2v) is 7.92. The van der Waals surface area contributed by atoms with Gasteiger partial charge in [-0.2, -0.15) is 0 Å². The van der Waals surface area contributed by atoms with Crippen molar-refractivity contribution in [3.05, 3.63) is 58.8 Å². The Morgan fingerprint density at radius 1 is 0.964 bits per heavy atom. The summed E-state index contributed by atoms with van der Waals surface area (Å²) in [6.45, 7) is 0.728. The molecule has 4 nitrogen and oxygen atoms in total. The minimum absolute atomic E-state index is 0.0792. The van der Waals surface area contributed by atoms with Crippen LogP contribution in [0.15, 0.2) is 53.3 Å². The number of fused-ring (bicyclic) bond motifs is 2. The molecule has 1 heterocycles. The van der Waals surface area contributed by atoms with E-state index in [4.69, 9.17) is 0 Å². The lowest BCUT2D eigenvalue weighted by Gasteiger charge is -2.31. The van der Waals surface area contributed by atoms with Gasteiger partial charge in [0.2, 0.25) is 5.91 Å². The molecule has 0 aliphatic heterocycles. The van der Waals surface area contributed by atoms with E-state index in [0.29, 0.717) is 12.5 Å². The molecule has 0 unspecified atom stereocenters. The Kier molecular flexibility index (Phi) is 5.47. The minimum atomic E-state index is 0.0792. The van der Waals surface area contributed by atoms with Gasteiger partial charge in [-0.15, -0.1) is 0 Å². The molecule has 1 amide bonds. The van der Waals surface area contributed by atoms with Crippen LogP contribution in [0.4, 0.5) is 0 Å². The summed E-state index contributed by atoms with van der Waals surface area (Å²) in [5.74, 6) is 0.238. The van der Waals surface area contributed by atoms with Crippen molar-refractivity contribution in [1.82, 2.24) is 9.47 Å². The highest BCUT2D eigenvalue weighted by atomic mass is 16.2. The molecule has 1 fully saturated rings. The first-order valence-electron chi connectivity index (χ1n) is 10.4. The summed E-state index contributed by atoms with van der Waals surface area (Å²) in [6, 6.07) is 15.9. The molecule has 0 radical (unpaired) electrons. The minimum Gasteiger partial charge on any atom is -0.343 e. The van der Waals surface area contributed by atoms with Gasteiger partial charge in [-0.05, 0) is 43.5 Å². The maximum Gasteiger partial charge on any atom is 0.222 e. The molecular formula is C24H28N2O2. The van der Waals surface area contributed by atoms with E-state index in [-0.39, 0.29) is 11.3 Å². The molecule has 146 valence electrons. The molecule has 1 aromatic heterocycles. The number of carbonyl (C=O) groups excluding carboxylic acids is 1. The van der Waals surface area contributed by atoms with E-state index in [2.05, 4.69) is 4.57 Å². The van der Waals surface area contributed by atoms with Gasteiger partial charge in [-0.3, -0.25) is 9.59 Å². The van der Waals surface area contributed by atoms with Gasteiger partial charge >= 0.3 is 0 Å². The fraction of sp³-hybridized carbons (Fsp3) is 0.417. The van der Waals surface area contributed by atoms with Gasteiger partial charge < -0.3 is 9.47 Å². The third-order valence-corrected chi connectivity index (χ3v) is 6.17. The summed E-state index contributed by atoms with van der Waals surface area (Å²) < 4.78 is 2.19. The van der Waals surface area contributed by atoms with Gasteiger partial charge in [0.1, 0.15) is 0 Å². The molecule has 28 heavy (non-hydrogen) atoms. The van der Waals surface area contributed by atoms with Crippen molar-refractivity contribution >= 4 is 27.7 Å². The van der Waals surface area contributed by atoms with Gasteiger partial charge in [0.25, 0.3) is 0 Å². The second kappa shape index (κ2) is 8.17. The lowest BCUT2D eigenvalue weighted by atomic mass is 9.94. The summed E-state index contributed by atoms with van der Waals surface area (Å²) in [4.78, 5) is 27.5. The average molecular weight is 377 g/mol. The molecule has 0 N–H and O–H groups in total. The second-order valence-electron chi connectivity index (χ2n) is 7.92. The normalized spacial score (nSPS) is 15.2. The number of pyridine rings is 1. The standard InChI is InChI=1S/C24H28N2O2/c1-25(18-10-3-2-4-11-18)23(27)16-9-17-26-21-14-7-5-12-19(21)24(28)20-13-6-8-15-22(20)26/h5-8,12-15,18H,2-4,9-11,16-17H2,1H3. The van der Waals surface area contributed by atoms with E-state index in [0.717, 1.165) is 47.6 Å². The molecule has 1 aliphatic carbocycles. The number of aromatic nitrogens is 1. The topological polar surface area (TPSA) is 42.3 Å². The van der Waals surface area contributed by atoms with E-state index in [1.54, 1.807) is 0 Å². The molecule has 4 heteroatoms. The largest absolute Gasteiger partial charge is 0.343 e. The van der Waals surface area contributed by atoms with Gasteiger partial charge in [-0.1, -0.05) is 43.5 Å². The molecule has 3 aromatic rings. The third-order valence-electron chi connectivity index (χ3n) is 6.17. The van der Waals surface area contributed by atoms with Crippen molar-refractivity contribution < 1.29 is 4.79 Å². The maximum atomic E-state index is 12.8. The van der Waals surface area contributed by atoms with Gasteiger partial charge in [-0.25, -0.2) is 0 Å². The zero-order valence-electron chi connectivity index (χ0n) is 16.6. The Balaban J connectivity index is 1.55. The van der Waals surface area contributed by atoms with Crippen LogP contribution in [0.2, 0.25) is 0 Å².